The number of fused-ring (bicyclic) bond motifs is 1. The number of hydrogen-bond donors (Lipinski definition) is 1. The number of amides is 2. The Labute approximate surface area is 162 Å². The monoisotopic (exact) mass is 381 g/mol. The molecule has 2 amide bonds. The van der Waals surface area contributed by atoms with Gasteiger partial charge in [0.05, 0.1) is 12.7 Å². The Balaban J connectivity index is 0.000000167. The molecular formula is C19H23N7O2. The van der Waals surface area contributed by atoms with Crippen LogP contribution in [0.4, 0.5) is 5.82 Å². The van der Waals surface area contributed by atoms with Crippen LogP contribution in [0.5, 0.6) is 0 Å². The topological polar surface area (TPSA) is 112 Å². The number of nitrogens with two attached hydrogens (primary N) is 1. The van der Waals surface area contributed by atoms with Gasteiger partial charge in [-0.3, -0.25) is 9.59 Å². The molecule has 1 aromatic carbocycles. The van der Waals surface area contributed by atoms with Gasteiger partial charge in [-0.2, -0.15) is 5.10 Å². The maximum Gasteiger partial charge on any atom is 0.288 e. The van der Waals surface area contributed by atoms with Gasteiger partial charge in [0, 0.05) is 26.1 Å². The van der Waals surface area contributed by atoms with Gasteiger partial charge < -0.3 is 10.6 Å². The molecule has 3 aromatic rings. The molecule has 1 aliphatic rings. The molecule has 28 heavy (non-hydrogen) atoms. The van der Waals surface area contributed by atoms with Gasteiger partial charge in [0.15, 0.2) is 0 Å². The van der Waals surface area contributed by atoms with Crippen molar-refractivity contribution in [1.29, 1.82) is 0 Å². The summed E-state index contributed by atoms with van der Waals surface area (Å²) in [6.07, 6.45) is 3.24. The predicted molar refractivity (Wildman–Crippen MR) is 104 cm³/mol. The van der Waals surface area contributed by atoms with Gasteiger partial charge in [0.2, 0.25) is 11.7 Å². The maximum atomic E-state index is 11.4. The Hall–Kier alpha value is -3.49. The normalized spacial score (nSPS) is 13.4. The lowest BCUT2D eigenvalue weighted by Gasteiger charge is -2.13. The summed E-state index contributed by atoms with van der Waals surface area (Å²) < 4.78 is 3.53. The lowest BCUT2D eigenvalue weighted by atomic mass is 10.2. The molecule has 0 unspecified atom stereocenters. The lowest BCUT2D eigenvalue weighted by Crippen LogP contribution is -2.25. The minimum atomic E-state index is -0.602. The number of hydrogen-bond acceptors (Lipinski definition) is 5. The molecule has 0 fully saturated rings. The maximum absolute atomic E-state index is 11.4. The summed E-state index contributed by atoms with van der Waals surface area (Å²) in [6, 6.07) is 11.7. The zero-order chi connectivity index (χ0) is 20.1. The highest BCUT2D eigenvalue weighted by Gasteiger charge is 2.18. The second-order valence-electron chi connectivity index (χ2n) is 6.46. The molecule has 0 saturated heterocycles. The van der Waals surface area contributed by atoms with E-state index in [9.17, 15) is 9.59 Å². The number of aryl methyl sites for hydroxylation is 2. The Morgan fingerprint density at radius 1 is 1.21 bits per heavy atom. The number of benzene rings is 1. The highest BCUT2D eigenvalue weighted by atomic mass is 16.2. The summed E-state index contributed by atoms with van der Waals surface area (Å²) in [6.45, 7) is 3.23. The molecule has 0 bridgehead atoms. The fourth-order valence-electron chi connectivity index (χ4n) is 2.89. The molecule has 9 heteroatoms. The minimum Gasteiger partial charge on any atom is -0.363 e. The third kappa shape index (κ3) is 4.43. The first-order chi connectivity index (χ1) is 13.5. The van der Waals surface area contributed by atoms with Crippen molar-refractivity contribution in [3.8, 4) is 0 Å². The molecule has 9 nitrogen and oxygen atoms in total. The van der Waals surface area contributed by atoms with E-state index in [-0.39, 0.29) is 11.7 Å². The molecule has 0 radical (unpaired) electrons. The van der Waals surface area contributed by atoms with E-state index in [0.29, 0.717) is 18.8 Å². The highest BCUT2D eigenvalue weighted by Crippen LogP contribution is 2.17. The number of carbonyl (C=O) groups excluding carboxylic acids is 2. The second kappa shape index (κ2) is 8.47. The van der Waals surface area contributed by atoms with Gasteiger partial charge in [0.25, 0.3) is 5.91 Å². The van der Waals surface area contributed by atoms with Gasteiger partial charge >= 0.3 is 0 Å². The fraction of sp³-hybridized carbons (Fsp3) is 0.316. The van der Waals surface area contributed by atoms with Crippen LogP contribution in [0.3, 0.4) is 0 Å². The van der Waals surface area contributed by atoms with Crippen LogP contribution in [-0.4, -0.2) is 43.4 Å². The van der Waals surface area contributed by atoms with Gasteiger partial charge in [-0.15, -0.1) is 5.10 Å². The summed E-state index contributed by atoms with van der Waals surface area (Å²) in [5, 5.41) is 8.16. The van der Waals surface area contributed by atoms with E-state index in [0.717, 1.165) is 24.3 Å². The van der Waals surface area contributed by atoms with Crippen molar-refractivity contribution in [3.63, 3.8) is 0 Å². The smallest absolute Gasteiger partial charge is 0.288 e. The molecule has 0 aliphatic carbocycles. The van der Waals surface area contributed by atoms with Crippen LogP contribution in [0, 0.1) is 6.92 Å². The average Bonchev–Trinajstić information content (AvgIpc) is 3.26. The van der Waals surface area contributed by atoms with E-state index in [1.165, 1.54) is 0 Å². The summed E-state index contributed by atoms with van der Waals surface area (Å²) in [5.41, 5.74) is 6.22. The molecule has 0 atom stereocenters. The van der Waals surface area contributed by atoms with Crippen molar-refractivity contribution in [1.82, 2.24) is 24.5 Å². The van der Waals surface area contributed by atoms with E-state index < -0.39 is 5.91 Å². The van der Waals surface area contributed by atoms with Gasteiger partial charge in [0.1, 0.15) is 11.6 Å². The quantitative estimate of drug-likeness (QED) is 0.736. The largest absolute Gasteiger partial charge is 0.363 e. The Morgan fingerprint density at radius 2 is 1.96 bits per heavy atom. The first kappa shape index (κ1) is 19.3. The van der Waals surface area contributed by atoms with Gasteiger partial charge in [-0.05, 0) is 18.9 Å². The second-order valence-corrected chi connectivity index (χ2v) is 6.46. The summed E-state index contributed by atoms with van der Waals surface area (Å²) in [4.78, 5) is 27.9. The van der Waals surface area contributed by atoms with Crippen LogP contribution in [0.25, 0.3) is 0 Å². The van der Waals surface area contributed by atoms with Crippen LogP contribution in [0.15, 0.2) is 42.6 Å². The number of rotatable bonds is 3. The van der Waals surface area contributed by atoms with Crippen molar-refractivity contribution in [2.45, 2.75) is 32.9 Å². The average molecular weight is 381 g/mol. The Morgan fingerprint density at radius 3 is 2.64 bits per heavy atom. The standard InChI is InChI=1S/C11H12N4O.C8H11N3O/c1-8-13-11(10(12)16)14-15(8)7-9-5-3-2-4-6-9;1-10-7-4-5-9-11(7)6-2-3-8(10)12/h2-6H,7H2,1H3,(H2,12,16);4-5H,2-3,6H2,1H3. The Kier molecular flexibility index (Phi) is 5.83. The van der Waals surface area contributed by atoms with E-state index in [1.54, 1.807) is 29.7 Å². The van der Waals surface area contributed by atoms with Crippen molar-refractivity contribution >= 4 is 17.6 Å². The molecule has 0 saturated carbocycles. The van der Waals surface area contributed by atoms with Crippen molar-refractivity contribution < 1.29 is 9.59 Å². The zero-order valence-corrected chi connectivity index (χ0v) is 15.9. The summed E-state index contributed by atoms with van der Waals surface area (Å²) in [7, 11) is 1.79. The van der Waals surface area contributed by atoms with E-state index >= 15 is 0 Å². The third-order valence-electron chi connectivity index (χ3n) is 4.42. The van der Waals surface area contributed by atoms with E-state index in [4.69, 9.17) is 5.73 Å². The van der Waals surface area contributed by atoms with E-state index in [2.05, 4.69) is 15.2 Å². The van der Waals surface area contributed by atoms with Gasteiger partial charge in [-0.25, -0.2) is 14.3 Å². The number of primary amides is 1. The Bertz CT molecular complexity index is 962. The van der Waals surface area contributed by atoms with E-state index in [1.807, 2.05) is 41.1 Å². The molecule has 3 heterocycles. The number of aromatic nitrogens is 5. The molecule has 4 rings (SSSR count). The molecule has 1 aliphatic heterocycles. The SMILES string of the molecule is CN1C(=O)CCCn2nccc21.Cc1nc(C(N)=O)nn1Cc1ccccc1. The van der Waals surface area contributed by atoms with Crippen LogP contribution in [-0.2, 0) is 17.9 Å². The summed E-state index contributed by atoms with van der Waals surface area (Å²) in [5.74, 6) is 1.22. The first-order valence-corrected chi connectivity index (χ1v) is 8.99. The van der Waals surface area contributed by atoms with Crippen molar-refractivity contribution in [2.75, 3.05) is 11.9 Å². The highest BCUT2D eigenvalue weighted by molar-refractivity contribution is 5.92. The molecule has 2 aromatic heterocycles. The fourth-order valence-corrected chi connectivity index (χ4v) is 2.89. The van der Waals surface area contributed by atoms with Crippen molar-refractivity contribution in [2.24, 2.45) is 5.73 Å². The zero-order valence-electron chi connectivity index (χ0n) is 15.9. The van der Waals surface area contributed by atoms with Gasteiger partial charge in [-0.1, -0.05) is 30.3 Å². The molecule has 146 valence electrons. The molecule has 2 N–H and O–H groups in total. The van der Waals surface area contributed by atoms with Crippen LogP contribution < -0.4 is 10.6 Å². The van der Waals surface area contributed by atoms with Crippen LogP contribution in [0.2, 0.25) is 0 Å². The number of nitrogens with zero attached hydrogens (tertiary/aromatic N) is 6. The number of anilines is 1. The van der Waals surface area contributed by atoms with Crippen LogP contribution in [0.1, 0.15) is 34.8 Å². The lowest BCUT2D eigenvalue weighted by molar-refractivity contribution is -0.118. The number of carbonyl (C=O) groups is 2. The van der Waals surface area contributed by atoms with Crippen LogP contribution >= 0.6 is 0 Å². The first-order valence-electron chi connectivity index (χ1n) is 8.99. The van der Waals surface area contributed by atoms with Crippen molar-refractivity contribution in [3.05, 3.63) is 59.8 Å². The molecule has 0 spiro atoms. The predicted octanol–water partition coefficient (Wildman–Crippen LogP) is 1.37. The third-order valence-corrected chi connectivity index (χ3v) is 4.42. The summed E-state index contributed by atoms with van der Waals surface area (Å²) >= 11 is 0. The minimum absolute atomic E-state index is 0.0634. The molecular weight excluding hydrogens is 358 g/mol.